The molecule has 0 aromatic heterocycles. The van der Waals surface area contributed by atoms with E-state index in [-0.39, 0.29) is 18.1 Å². The van der Waals surface area contributed by atoms with E-state index in [0.29, 0.717) is 18.5 Å². The maximum atomic E-state index is 13.5. The summed E-state index contributed by atoms with van der Waals surface area (Å²) < 4.78 is 18.3. The summed E-state index contributed by atoms with van der Waals surface area (Å²) in [6, 6.07) is 4.18. The number of Topliss-reactive ketones (excluding diaryl/α,β-unsaturated/α-hetero) is 1. The zero-order chi connectivity index (χ0) is 14.4. The van der Waals surface area contributed by atoms with Crippen molar-refractivity contribution in [2.45, 2.75) is 19.4 Å². The lowest BCUT2D eigenvalue weighted by atomic mass is 10.1. The number of nitrogens with zero attached hydrogens (tertiary/aromatic N) is 1. The van der Waals surface area contributed by atoms with E-state index in [0.717, 1.165) is 0 Å². The highest BCUT2D eigenvalue weighted by molar-refractivity contribution is 5.97. The predicted octanol–water partition coefficient (Wildman–Crippen LogP) is 1.72. The fraction of sp³-hybridized carbons (Fsp3) is 0.500. The highest BCUT2D eigenvalue weighted by Gasteiger charge is 2.12. The van der Waals surface area contributed by atoms with Crippen molar-refractivity contribution in [2.24, 2.45) is 0 Å². The molecule has 1 unspecified atom stereocenters. The first-order valence-electron chi connectivity index (χ1n) is 6.17. The first kappa shape index (κ1) is 15.6. The Morgan fingerprint density at radius 2 is 2.21 bits per heavy atom. The Morgan fingerprint density at radius 3 is 2.74 bits per heavy atom. The average Bonchev–Trinajstić information content (AvgIpc) is 2.36. The van der Waals surface area contributed by atoms with Crippen LogP contribution in [0.4, 0.5) is 4.39 Å². The number of carbonyl (C=O) groups is 1. The van der Waals surface area contributed by atoms with Gasteiger partial charge in [0.25, 0.3) is 0 Å². The zero-order valence-corrected chi connectivity index (χ0v) is 11.5. The summed E-state index contributed by atoms with van der Waals surface area (Å²) in [6.45, 7) is 2.51. The molecular weight excluding hydrogens is 249 g/mol. The number of hydrogen-bond donors (Lipinski definition) is 1. The highest BCUT2D eigenvalue weighted by atomic mass is 19.1. The second-order valence-corrected chi connectivity index (χ2v) is 4.65. The molecule has 0 saturated carbocycles. The lowest BCUT2D eigenvalue weighted by molar-refractivity contribution is 0.0931. The van der Waals surface area contributed by atoms with Gasteiger partial charge < -0.3 is 9.84 Å². The number of rotatable bonds is 7. The zero-order valence-electron chi connectivity index (χ0n) is 11.5. The second kappa shape index (κ2) is 7.21. The molecule has 1 atom stereocenters. The van der Waals surface area contributed by atoms with E-state index < -0.39 is 11.9 Å². The topological polar surface area (TPSA) is 49.8 Å². The number of halogens is 1. The van der Waals surface area contributed by atoms with Gasteiger partial charge in [-0.25, -0.2) is 4.39 Å². The van der Waals surface area contributed by atoms with Gasteiger partial charge in [-0.05, 0) is 38.6 Å². The minimum Gasteiger partial charge on any atom is -0.494 e. The summed E-state index contributed by atoms with van der Waals surface area (Å²) >= 11 is 0. The van der Waals surface area contributed by atoms with Crippen LogP contribution < -0.4 is 4.74 Å². The minimum atomic E-state index is -0.542. The molecule has 0 aliphatic heterocycles. The minimum absolute atomic E-state index is 0.124. The lowest BCUT2D eigenvalue weighted by Crippen LogP contribution is -2.28. The Labute approximate surface area is 112 Å². The number of benzene rings is 1. The van der Waals surface area contributed by atoms with Gasteiger partial charge in [-0.3, -0.25) is 9.69 Å². The lowest BCUT2D eigenvalue weighted by Gasteiger charge is -2.16. The number of ketones is 1. The molecule has 1 rings (SSSR count). The molecule has 5 heteroatoms. The van der Waals surface area contributed by atoms with Gasteiger partial charge in [0.2, 0.25) is 0 Å². The third kappa shape index (κ3) is 4.96. The molecule has 1 aromatic carbocycles. The van der Waals surface area contributed by atoms with Crippen molar-refractivity contribution < 1.29 is 19.0 Å². The summed E-state index contributed by atoms with van der Waals surface area (Å²) in [6.07, 6.45) is 0.205. The number of aliphatic hydroxyl groups excluding tert-OH is 1. The van der Waals surface area contributed by atoms with Crippen molar-refractivity contribution in [2.75, 3.05) is 27.2 Å². The first-order chi connectivity index (χ1) is 8.93. The van der Waals surface area contributed by atoms with Crippen molar-refractivity contribution in [1.29, 1.82) is 0 Å². The van der Waals surface area contributed by atoms with Crippen LogP contribution in [0.1, 0.15) is 23.7 Å². The highest BCUT2D eigenvalue weighted by Crippen LogP contribution is 2.18. The van der Waals surface area contributed by atoms with Gasteiger partial charge in [0.05, 0.1) is 19.8 Å². The van der Waals surface area contributed by atoms with Gasteiger partial charge in [0, 0.05) is 12.1 Å². The third-order valence-corrected chi connectivity index (χ3v) is 2.82. The number of methoxy groups -OCH3 is 1. The Bertz CT molecular complexity index is 435. The standard InChI is InChI=1S/C14H20FNO3/c1-10(17)6-7-16(2)9-13(18)11-4-5-14(19-3)12(15)8-11/h4-5,8,10,17H,6-7,9H2,1-3H3. The van der Waals surface area contributed by atoms with Crippen molar-refractivity contribution in [3.8, 4) is 5.75 Å². The first-order valence-corrected chi connectivity index (χ1v) is 6.17. The molecule has 0 aliphatic carbocycles. The maximum absolute atomic E-state index is 13.5. The van der Waals surface area contributed by atoms with Crippen LogP contribution in [-0.4, -0.2) is 49.1 Å². The Kier molecular flexibility index (Phi) is 5.92. The van der Waals surface area contributed by atoms with Gasteiger partial charge in [-0.1, -0.05) is 0 Å². The van der Waals surface area contributed by atoms with E-state index in [4.69, 9.17) is 4.74 Å². The molecule has 0 bridgehead atoms. The summed E-state index contributed by atoms with van der Waals surface area (Å²) in [5.74, 6) is -0.575. The van der Waals surface area contributed by atoms with E-state index in [1.165, 1.54) is 19.2 Å². The average molecular weight is 269 g/mol. The molecule has 106 valence electrons. The van der Waals surface area contributed by atoms with Crippen LogP contribution in [0.25, 0.3) is 0 Å². The van der Waals surface area contributed by atoms with Crippen LogP contribution in [0.15, 0.2) is 18.2 Å². The normalized spacial score (nSPS) is 12.5. The predicted molar refractivity (Wildman–Crippen MR) is 71.1 cm³/mol. The van der Waals surface area contributed by atoms with Crippen LogP contribution in [-0.2, 0) is 0 Å². The van der Waals surface area contributed by atoms with Crippen LogP contribution >= 0.6 is 0 Å². The fourth-order valence-electron chi connectivity index (χ4n) is 1.66. The summed E-state index contributed by atoms with van der Waals surface area (Å²) in [5, 5.41) is 9.17. The molecule has 0 fully saturated rings. The van der Waals surface area contributed by atoms with Crippen molar-refractivity contribution in [3.05, 3.63) is 29.6 Å². The summed E-state index contributed by atoms with van der Waals surface area (Å²) in [7, 11) is 3.17. The van der Waals surface area contributed by atoms with Crippen LogP contribution in [0.2, 0.25) is 0 Å². The van der Waals surface area contributed by atoms with Crippen molar-refractivity contribution in [3.63, 3.8) is 0 Å². The quantitative estimate of drug-likeness (QED) is 0.766. The van der Waals surface area contributed by atoms with E-state index in [1.807, 2.05) is 0 Å². The number of hydrogen-bond acceptors (Lipinski definition) is 4. The Morgan fingerprint density at radius 1 is 1.53 bits per heavy atom. The van der Waals surface area contributed by atoms with E-state index in [9.17, 15) is 14.3 Å². The number of ether oxygens (including phenoxy) is 1. The third-order valence-electron chi connectivity index (χ3n) is 2.82. The molecule has 0 aliphatic rings. The van der Waals surface area contributed by atoms with Crippen molar-refractivity contribution in [1.82, 2.24) is 4.90 Å². The van der Waals surface area contributed by atoms with Gasteiger partial charge in [-0.2, -0.15) is 0 Å². The van der Waals surface area contributed by atoms with Gasteiger partial charge >= 0.3 is 0 Å². The SMILES string of the molecule is COc1ccc(C(=O)CN(C)CCC(C)O)cc1F. The maximum Gasteiger partial charge on any atom is 0.176 e. The van der Waals surface area contributed by atoms with Crippen LogP contribution in [0.3, 0.4) is 0 Å². The molecule has 0 amide bonds. The number of carbonyl (C=O) groups excluding carboxylic acids is 1. The van der Waals surface area contributed by atoms with E-state index in [1.54, 1.807) is 24.9 Å². The van der Waals surface area contributed by atoms with E-state index >= 15 is 0 Å². The molecule has 0 saturated heterocycles. The largest absolute Gasteiger partial charge is 0.494 e. The molecule has 0 heterocycles. The monoisotopic (exact) mass is 269 g/mol. The van der Waals surface area contributed by atoms with Gasteiger partial charge in [-0.15, -0.1) is 0 Å². The molecule has 0 radical (unpaired) electrons. The number of aliphatic hydroxyl groups is 1. The summed E-state index contributed by atoms with van der Waals surface area (Å²) in [5.41, 5.74) is 0.321. The summed E-state index contributed by atoms with van der Waals surface area (Å²) in [4.78, 5) is 13.7. The molecule has 0 spiro atoms. The van der Waals surface area contributed by atoms with Crippen LogP contribution in [0, 0.1) is 5.82 Å². The Hall–Kier alpha value is -1.46. The molecule has 4 nitrogen and oxygen atoms in total. The van der Waals surface area contributed by atoms with Gasteiger partial charge in [0.1, 0.15) is 0 Å². The molecule has 1 N–H and O–H groups in total. The van der Waals surface area contributed by atoms with Gasteiger partial charge in [0.15, 0.2) is 17.3 Å². The molecular formula is C14H20FNO3. The number of likely N-dealkylation sites (N-methyl/N-ethyl adjacent to an activating group) is 1. The molecule has 19 heavy (non-hydrogen) atoms. The van der Waals surface area contributed by atoms with Crippen molar-refractivity contribution >= 4 is 5.78 Å². The second-order valence-electron chi connectivity index (χ2n) is 4.65. The molecule has 1 aromatic rings. The fourth-order valence-corrected chi connectivity index (χ4v) is 1.66. The smallest absolute Gasteiger partial charge is 0.176 e. The van der Waals surface area contributed by atoms with E-state index in [2.05, 4.69) is 0 Å². The Balaban J connectivity index is 2.60. The van der Waals surface area contributed by atoms with Crippen LogP contribution in [0.5, 0.6) is 5.75 Å².